The van der Waals surface area contributed by atoms with E-state index in [0.717, 1.165) is 0 Å². The van der Waals surface area contributed by atoms with Gasteiger partial charge in [0, 0.05) is 6.07 Å². The van der Waals surface area contributed by atoms with Gasteiger partial charge in [0.1, 0.15) is 0 Å². The Kier molecular flexibility index (Phi) is 3.49. The molecule has 1 heterocycles. The largest absolute Gasteiger partial charge is 0.481 e. The average Bonchev–Trinajstić information content (AvgIpc) is 2.25. The van der Waals surface area contributed by atoms with Crippen molar-refractivity contribution in [2.24, 2.45) is 0 Å². The van der Waals surface area contributed by atoms with Crippen molar-refractivity contribution in [2.75, 3.05) is 12.1 Å². The van der Waals surface area contributed by atoms with Crippen LogP contribution in [0.3, 0.4) is 0 Å². The molecule has 0 spiro atoms. The van der Waals surface area contributed by atoms with Crippen molar-refractivity contribution in [1.29, 1.82) is 0 Å². The topological polar surface area (TPSA) is 112 Å². The van der Waals surface area contributed by atoms with Crippen LogP contribution in [0.25, 0.3) is 0 Å². The summed E-state index contributed by atoms with van der Waals surface area (Å²) in [6.45, 7) is 0. The van der Waals surface area contributed by atoms with E-state index in [9.17, 15) is 9.59 Å². The molecule has 0 aliphatic rings. The predicted octanol–water partition coefficient (Wildman–Crippen LogP) is 0.757. The van der Waals surface area contributed by atoms with Crippen molar-refractivity contribution in [1.82, 2.24) is 10.4 Å². The Hall–Kier alpha value is -2.51. The van der Waals surface area contributed by atoms with E-state index >= 15 is 0 Å². The average molecular weight is 227 g/mol. The zero-order valence-corrected chi connectivity index (χ0v) is 8.25. The highest BCUT2D eigenvalue weighted by molar-refractivity contribution is 5.88. The molecule has 0 bridgehead atoms. The van der Waals surface area contributed by atoms with Crippen LogP contribution >= 0.6 is 0 Å². The third-order valence-electron chi connectivity index (χ3n) is 1.59. The van der Waals surface area contributed by atoms with Gasteiger partial charge in [0.05, 0.1) is 19.0 Å². The summed E-state index contributed by atoms with van der Waals surface area (Å²) in [7, 11) is 1.41. The highest BCUT2D eigenvalue weighted by Gasteiger charge is 2.16. The molecule has 8 heteroatoms. The quantitative estimate of drug-likeness (QED) is 0.643. The van der Waals surface area contributed by atoms with Gasteiger partial charge in [-0.1, -0.05) is 0 Å². The first-order valence-corrected chi connectivity index (χ1v) is 4.07. The van der Waals surface area contributed by atoms with Gasteiger partial charge < -0.3 is 14.9 Å². The second-order valence-corrected chi connectivity index (χ2v) is 2.59. The third kappa shape index (κ3) is 2.74. The van der Waals surface area contributed by atoms with Crippen molar-refractivity contribution in [3.05, 3.63) is 18.3 Å². The number of nitrogens with zero attached hydrogens (tertiary/aromatic N) is 2. The van der Waals surface area contributed by atoms with E-state index < -0.39 is 12.2 Å². The van der Waals surface area contributed by atoms with Crippen molar-refractivity contribution in [3.8, 4) is 5.88 Å². The van der Waals surface area contributed by atoms with Crippen LogP contribution in [-0.4, -0.2) is 34.5 Å². The van der Waals surface area contributed by atoms with Crippen molar-refractivity contribution >= 4 is 17.9 Å². The van der Waals surface area contributed by atoms with E-state index in [4.69, 9.17) is 14.9 Å². The van der Waals surface area contributed by atoms with Gasteiger partial charge in [-0.05, 0) is 6.07 Å². The number of rotatable bonds is 2. The fourth-order valence-electron chi connectivity index (χ4n) is 0.944. The van der Waals surface area contributed by atoms with Gasteiger partial charge in [0.2, 0.25) is 5.88 Å². The van der Waals surface area contributed by atoms with E-state index in [1.54, 1.807) is 5.43 Å². The fraction of sp³-hybridized carbons (Fsp3) is 0.125. The number of carboxylic acid groups (broad SMARTS) is 2. The summed E-state index contributed by atoms with van der Waals surface area (Å²) < 4.78 is 4.78. The summed E-state index contributed by atoms with van der Waals surface area (Å²) in [6, 6.07) is 2.77. The standard InChI is InChI=1S/C8H9N3O5/c1-16-6-3-2-5(4-9-6)11(8(14)15)10-7(12)13/h2-4,10H,1H3,(H,12,13)(H,14,15). The molecule has 0 saturated heterocycles. The van der Waals surface area contributed by atoms with Crippen LogP contribution < -0.4 is 15.2 Å². The molecular formula is C8H9N3O5. The van der Waals surface area contributed by atoms with Gasteiger partial charge in [-0.25, -0.2) is 20.0 Å². The van der Waals surface area contributed by atoms with E-state index in [-0.39, 0.29) is 5.69 Å². The minimum atomic E-state index is -1.49. The van der Waals surface area contributed by atoms with Crippen LogP contribution in [-0.2, 0) is 0 Å². The maximum Gasteiger partial charge on any atom is 0.431 e. The molecule has 0 atom stereocenters. The number of hydrazine groups is 1. The van der Waals surface area contributed by atoms with Crippen LogP contribution in [0, 0.1) is 0 Å². The molecule has 0 aliphatic carbocycles. The highest BCUT2D eigenvalue weighted by atomic mass is 16.5. The Morgan fingerprint density at radius 3 is 2.50 bits per heavy atom. The monoisotopic (exact) mass is 227 g/mol. The molecule has 2 amide bonds. The Bertz CT molecular complexity index is 391. The number of aromatic nitrogens is 1. The lowest BCUT2D eigenvalue weighted by atomic mass is 10.4. The molecule has 0 aromatic carbocycles. The molecule has 0 unspecified atom stereocenters. The molecule has 16 heavy (non-hydrogen) atoms. The number of carbonyl (C=O) groups is 2. The minimum Gasteiger partial charge on any atom is -0.481 e. The van der Waals surface area contributed by atoms with Gasteiger partial charge in [0.25, 0.3) is 0 Å². The second kappa shape index (κ2) is 4.82. The molecule has 0 fully saturated rings. The van der Waals surface area contributed by atoms with Crippen LogP contribution in [0.4, 0.5) is 15.3 Å². The molecular weight excluding hydrogens is 218 g/mol. The predicted molar refractivity (Wildman–Crippen MR) is 52.5 cm³/mol. The lowest BCUT2D eigenvalue weighted by Gasteiger charge is -2.17. The van der Waals surface area contributed by atoms with E-state index in [0.29, 0.717) is 10.9 Å². The molecule has 3 N–H and O–H groups in total. The van der Waals surface area contributed by atoms with Gasteiger partial charge in [0.15, 0.2) is 0 Å². The number of anilines is 1. The maximum absolute atomic E-state index is 10.7. The van der Waals surface area contributed by atoms with Gasteiger partial charge in [-0.3, -0.25) is 0 Å². The van der Waals surface area contributed by atoms with Gasteiger partial charge in [-0.2, -0.15) is 5.01 Å². The normalized spacial score (nSPS) is 9.31. The molecule has 8 nitrogen and oxygen atoms in total. The molecule has 0 aliphatic heterocycles. The Morgan fingerprint density at radius 1 is 1.44 bits per heavy atom. The van der Waals surface area contributed by atoms with Crippen LogP contribution in [0.15, 0.2) is 18.3 Å². The summed E-state index contributed by atoms with van der Waals surface area (Å²) in [5, 5.41) is 17.6. The summed E-state index contributed by atoms with van der Waals surface area (Å²) in [5.41, 5.74) is 1.77. The number of pyridine rings is 1. The number of hydrogen-bond acceptors (Lipinski definition) is 4. The number of hydrogen-bond donors (Lipinski definition) is 3. The van der Waals surface area contributed by atoms with Gasteiger partial charge >= 0.3 is 12.2 Å². The molecule has 86 valence electrons. The SMILES string of the molecule is COc1ccc(N(NC(=O)O)C(=O)O)cn1. The summed E-state index contributed by atoms with van der Waals surface area (Å²) >= 11 is 0. The first-order valence-electron chi connectivity index (χ1n) is 4.07. The summed E-state index contributed by atoms with van der Waals surface area (Å²) in [5.74, 6) is 0.296. The lowest BCUT2D eigenvalue weighted by molar-refractivity contribution is 0.181. The Balaban J connectivity index is 2.92. The number of methoxy groups -OCH3 is 1. The molecule has 1 rings (SSSR count). The number of ether oxygens (including phenoxy) is 1. The first kappa shape index (κ1) is 11.6. The zero-order chi connectivity index (χ0) is 12.1. The van der Waals surface area contributed by atoms with E-state index in [1.165, 1.54) is 25.4 Å². The Labute approximate surface area is 90.1 Å². The van der Waals surface area contributed by atoms with Crippen LogP contribution in [0.2, 0.25) is 0 Å². The lowest BCUT2D eigenvalue weighted by Crippen LogP contribution is -2.45. The second-order valence-electron chi connectivity index (χ2n) is 2.59. The van der Waals surface area contributed by atoms with Crippen molar-refractivity contribution in [2.45, 2.75) is 0 Å². The zero-order valence-electron chi connectivity index (χ0n) is 8.25. The summed E-state index contributed by atoms with van der Waals surface area (Å²) in [4.78, 5) is 24.8. The highest BCUT2D eigenvalue weighted by Crippen LogP contribution is 2.14. The van der Waals surface area contributed by atoms with E-state index in [1.807, 2.05) is 0 Å². The maximum atomic E-state index is 10.7. The molecule has 1 aromatic heterocycles. The van der Waals surface area contributed by atoms with Crippen LogP contribution in [0.1, 0.15) is 0 Å². The fourth-order valence-corrected chi connectivity index (χ4v) is 0.944. The van der Waals surface area contributed by atoms with Crippen LogP contribution in [0.5, 0.6) is 5.88 Å². The van der Waals surface area contributed by atoms with Gasteiger partial charge in [-0.15, -0.1) is 0 Å². The molecule has 0 radical (unpaired) electrons. The molecule has 1 aromatic rings. The summed E-state index contributed by atoms with van der Waals surface area (Å²) in [6.07, 6.45) is -1.78. The van der Waals surface area contributed by atoms with E-state index in [2.05, 4.69) is 4.98 Å². The third-order valence-corrected chi connectivity index (χ3v) is 1.59. The smallest absolute Gasteiger partial charge is 0.431 e. The number of amides is 2. The van der Waals surface area contributed by atoms with Crippen molar-refractivity contribution in [3.63, 3.8) is 0 Å². The van der Waals surface area contributed by atoms with Crippen molar-refractivity contribution < 1.29 is 24.5 Å². The molecule has 0 saturated carbocycles. The first-order chi connectivity index (χ1) is 7.54. The number of nitrogens with one attached hydrogen (secondary N) is 1. The Morgan fingerprint density at radius 2 is 2.12 bits per heavy atom. The minimum absolute atomic E-state index is 0.0655.